The molecule has 0 aliphatic rings. The van der Waals surface area contributed by atoms with Gasteiger partial charge in [-0.15, -0.1) is 11.6 Å². The van der Waals surface area contributed by atoms with Gasteiger partial charge in [0.05, 0.1) is 6.42 Å². The van der Waals surface area contributed by atoms with Crippen molar-refractivity contribution in [1.29, 1.82) is 0 Å². The molecule has 0 spiro atoms. The number of carboxylic acids is 3. The summed E-state index contributed by atoms with van der Waals surface area (Å²) in [5, 5.41) is 32.0. The van der Waals surface area contributed by atoms with E-state index in [9.17, 15) is 19.5 Å². The molecule has 0 aliphatic carbocycles. The third-order valence-electron chi connectivity index (χ3n) is 1.43. The Kier molecular flexibility index (Phi) is 8.71. The van der Waals surface area contributed by atoms with Crippen LogP contribution in [0.3, 0.4) is 0 Å². The molecule has 0 heterocycles. The first-order valence-electron chi connectivity index (χ1n) is 3.26. The topological polar surface area (TPSA) is 202 Å². The van der Waals surface area contributed by atoms with Gasteiger partial charge in [-0.2, -0.15) is 0 Å². The highest BCUT2D eigenvalue weighted by molar-refractivity contribution is 6.32. The number of hydrogen-bond acceptors (Lipinski definition) is 6. The molecule has 0 saturated carbocycles. The van der Waals surface area contributed by atoms with Crippen molar-refractivity contribution in [3.05, 3.63) is 0 Å². The zero-order valence-corrected chi connectivity index (χ0v) is 8.85. The molecule has 0 rings (SSSR count). The van der Waals surface area contributed by atoms with E-state index in [-0.39, 0.29) is 12.3 Å². The molecule has 0 aromatic heterocycles. The second kappa shape index (κ2) is 6.95. The molecule has 16 heavy (non-hydrogen) atoms. The van der Waals surface area contributed by atoms with Crippen LogP contribution in [0, 0.1) is 0 Å². The average Bonchev–Trinajstić information content (AvgIpc) is 2.00. The Hall–Kier alpha value is -1.42. The number of rotatable bonds is 5. The third kappa shape index (κ3) is 4.40. The van der Waals surface area contributed by atoms with Crippen LogP contribution < -0.4 is 12.3 Å². The number of aliphatic carboxylic acids is 3. The van der Waals surface area contributed by atoms with Crippen LogP contribution in [0.1, 0.15) is 6.42 Å². The molecule has 0 aliphatic heterocycles. The van der Waals surface area contributed by atoms with Gasteiger partial charge in [0.2, 0.25) is 0 Å². The van der Waals surface area contributed by atoms with Crippen LogP contribution in [0.2, 0.25) is 0 Å². The summed E-state index contributed by atoms with van der Waals surface area (Å²) in [4.78, 5) is 30.9. The highest BCUT2D eigenvalue weighted by atomic mass is 35.5. The zero-order chi connectivity index (χ0) is 11.5. The minimum absolute atomic E-state index is 0. The summed E-state index contributed by atoms with van der Waals surface area (Å²) in [5.74, 6) is -5.47. The number of halogens is 1. The first-order valence-corrected chi connectivity index (χ1v) is 3.70. The zero-order valence-electron chi connectivity index (χ0n) is 8.09. The van der Waals surface area contributed by atoms with Crippen LogP contribution in [0.5, 0.6) is 0 Å². The highest BCUT2D eigenvalue weighted by Gasteiger charge is 2.49. The molecular formula is C6H13ClN2O7. The smallest absolute Gasteiger partial charge is 0.338 e. The Morgan fingerprint density at radius 2 is 1.50 bits per heavy atom. The predicted octanol–water partition coefficient (Wildman–Crippen LogP) is -0.707. The van der Waals surface area contributed by atoms with Crippen molar-refractivity contribution < 1.29 is 34.8 Å². The summed E-state index contributed by atoms with van der Waals surface area (Å²) in [7, 11) is 0. The summed E-state index contributed by atoms with van der Waals surface area (Å²) >= 11 is 5.07. The maximum atomic E-state index is 10.4. The van der Waals surface area contributed by atoms with E-state index in [2.05, 4.69) is 0 Å². The number of hydrogen-bond donors (Lipinski definition) is 6. The Balaban J connectivity index is -0.000000845. The molecule has 96 valence electrons. The molecule has 9 nitrogen and oxygen atoms in total. The molecule has 10 heteroatoms. The molecule has 10 N–H and O–H groups in total. The van der Waals surface area contributed by atoms with Crippen molar-refractivity contribution in [2.75, 3.05) is 0 Å². The van der Waals surface area contributed by atoms with Crippen molar-refractivity contribution >= 4 is 29.5 Å². The molecule has 0 bridgehead atoms. The lowest BCUT2D eigenvalue weighted by Gasteiger charge is -2.23. The first-order chi connectivity index (χ1) is 6.21. The molecular weight excluding hydrogens is 248 g/mol. The SMILES string of the molecule is N.N.O=C(O)CC(O)(C(=O)O)C(Cl)C(=O)O. The van der Waals surface area contributed by atoms with Crippen molar-refractivity contribution in [2.45, 2.75) is 17.4 Å². The summed E-state index contributed by atoms with van der Waals surface area (Å²) in [6.45, 7) is 0. The van der Waals surface area contributed by atoms with E-state index < -0.39 is 35.3 Å². The van der Waals surface area contributed by atoms with Crippen LogP contribution in [0.4, 0.5) is 0 Å². The van der Waals surface area contributed by atoms with Crippen LogP contribution in [0.15, 0.2) is 0 Å². The van der Waals surface area contributed by atoms with Gasteiger partial charge in [-0.05, 0) is 0 Å². The third-order valence-corrected chi connectivity index (χ3v) is 1.97. The number of carbonyl (C=O) groups is 3. The standard InChI is InChI=1S/C6H7ClO7.2H3N/c7-3(4(10)11)6(14,5(12)13)1-2(8)9;;/h3,14H,1H2,(H,8,9)(H,10,11)(H,12,13);2*1H3. The van der Waals surface area contributed by atoms with Gasteiger partial charge >= 0.3 is 17.9 Å². The van der Waals surface area contributed by atoms with Crippen LogP contribution in [-0.4, -0.2) is 49.3 Å². The maximum absolute atomic E-state index is 10.4. The van der Waals surface area contributed by atoms with Crippen LogP contribution >= 0.6 is 11.6 Å². The maximum Gasteiger partial charge on any atom is 0.338 e. The second-order valence-corrected chi connectivity index (χ2v) is 2.94. The highest BCUT2D eigenvalue weighted by Crippen LogP contribution is 2.21. The van der Waals surface area contributed by atoms with Crippen LogP contribution in [-0.2, 0) is 14.4 Å². The Bertz CT molecular complexity index is 284. The lowest BCUT2D eigenvalue weighted by Crippen LogP contribution is -2.51. The van der Waals surface area contributed by atoms with Gasteiger partial charge < -0.3 is 32.7 Å². The Morgan fingerprint density at radius 1 is 1.12 bits per heavy atom. The predicted molar refractivity (Wildman–Crippen MR) is 52.2 cm³/mol. The second-order valence-electron chi connectivity index (χ2n) is 2.50. The fraction of sp³-hybridized carbons (Fsp3) is 0.500. The Labute approximate surface area is 94.8 Å². The van der Waals surface area contributed by atoms with E-state index in [0.717, 1.165) is 0 Å². The van der Waals surface area contributed by atoms with Gasteiger partial charge in [0.15, 0.2) is 11.0 Å². The van der Waals surface area contributed by atoms with E-state index in [0.29, 0.717) is 0 Å². The number of aliphatic hydroxyl groups is 1. The van der Waals surface area contributed by atoms with E-state index in [1.165, 1.54) is 0 Å². The summed E-state index contributed by atoms with van der Waals surface area (Å²) < 4.78 is 0. The van der Waals surface area contributed by atoms with E-state index in [4.69, 9.17) is 26.9 Å². The summed E-state index contributed by atoms with van der Waals surface area (Å²) in [6, 6.07) is 0. The first kappa shape index (κ1) is 20.1. The average molecular weight is 261 g/mol. The number of alkyl halides is 1. The fourth-order valence-corrected chi connectivity index (χ4v) is 0.879. The van der Waals surface area contributed by atoms with E-state index >= 15 is 0 Å². The van der Waals surface area contributed by atoms with Crippen molar-refractivity contribution in [3.8, 4) is 0 Å². The summed E-state index contributed by atoms with van der Waals surface area (Å²) in [6.07, 6.45) is -1.29. The van der Waals surface area contributed by atoms with Crippen molar-refractivity contribution in [3.63, 3.8) is 0 Å². The van der Waals surface area contributed by atoms with Crippen molar-refractivity contribution in [1.82, 2.24) is 12.3 Å². The molecule has 0 aromatic rings. The molecule has 2 atom stereocenters. The van der Waals surface area contributed by atoms with Crippen molar-refractivity contribution in [2.24, 2.45) is 0 Å². The van der Waals surface area contributed by atoms with Gasteiger partial charge in [0.25, 0.3) is 0 Å². The number of carboxylic acid groups (broad SMARTS) is 3. The molecule has 2 unspecified atom stereocenters. The van der Waals surface area contributed by atoms with E-state index in [1.54, 1.807) is 0 Å². The molecule has 0 aromatic carbocycles. The van der Waals surface area contributed by atoms with Gasteiger partial charge in [-0.1, -0.05) is 0 Å². The Morgan fingerprint density at radius 3 is 1.69 bits per heavy atom. The quantitative estimate of drug-likeness (QED) is 0.345. The monoisotopic (exact) mass is 260 g/mol. The van der Waals surface area contributed by atoms with E-state index in [1.807, 2.05) is 0 Å². The molecule has 0 amide bonds. The molecule has 0 radical (unpaired) electrons. The summed E-state index contributed by atoms with van der Waals surface area (Å²) in [5.41, 5.74) is -3.01. The fourth-order valence-electron chi connectivity index (χ4n) is 0.708. The normalized spacial score (nSPS) is 14.6. The largest absolute Gasteiger partial charge is 0.481 e. The lowest BCUT2D eigenvalue weighted by atomic mass is 9.95. The van der Waals surface area contributed by atoms with Gasteiger partial charge in [-0.3, -0.25) is 9.59 Å². The molecule has 0 fully saturated rings. The minimum Gasteiger partial charge on any atom is -0.481 e. The van der Waals surface area contributed by atoms with Crippen LogP contribution in [0.25, 0.3) is 0 Å². The van der Waals surface area contributed by atoms with Gasteiger partial charge in [-0.25, -0.2) is 4.79 Å². The van der Waals surface area contributed by atoms with Gasteiger partial charge in [0.1, 0.15) is 0 Å². The van der Waals surface area contributed by atoms with Gasteiger partial charge in [0, 0.05) is 0 Å². The lowest BCUT2D eigenvalue weighted by molar-refractivity contribution is -0.169. The molecule has 0 saturated heterocycles. The minimum atomic E-state index is -3.01.